The van der Waals surface area contributed by atoms with Gasteiger partial charge in [-0.2, -0.15) is 5.10 Å². The van der Waals surface area contributed by atoms with E-state index in [4.69, 9.17) is 4.98 Å². The number of benzene rings is 1. The van der Waals surface area contributed by atoms with Crippen LogP contribution in [0.1, 0.15) is 39.0 Å². The standard InChI is InChI=1S/C19H23BrN4/c1-2-24-19-16(12-22-24)18(21-11-13-6-4-3-5-7-13)15-10-14(20)8-9-17(15)23-19/h8-10,12-13H,2-7,11H2,1H3,(H,21,23). The molecule has 0 aliphatic heterocycles. The Morgan fingerprint density at radius 3 is 2.83 bits per heavy atom. The fraction of sp³-hybridized carbons (Fsp3) is 0.474. The average molecular weight is 387 g/mol. The van der Waals surface area contributed by atoms with E-state index in [0.29, 0.717) is 0 Å². The van der Waals surface area contributed by atoms with Crippen molar-refractivity contribution in [3.63, 3.8) is 0 Å². The number of hydrogen-bond acceptors (Lipinski definition) is 3. The second kappa shape index (κ2) is 6.71. The number of pyridine rings is 1. The minimum absolute atomic E-state index is 0.783. The second-order valence-electron chi connectivity index (χ2n) is 6.73. The fourth-order valence-corrected chi connectivity index (χ4v) is 4.16. The highest BCUT2D eigenvalue weighted by molar-refractivity contribution is 9.10. The molecule has 24 heavy (non-hydrogen) atoms. The van der Waals surface area contributed by atoms with Crippen molar-refractivity contribution in [1.29, 1.82) is 0 Å². The van der Waals surface area contributed by atoms with Gasteiger partial charge in [-0.05, 0) is 43.9 Å². The van der Waals surface area contributed by atoms with E-state index in [0.717, 1.165) is 40.0 Å². The molecule has 4 rings (SSSR count). The number of aryl methyl sites for hydroxylation is 1. The highest BCUT2D eigenvalue weighted by Crippen LogP contribution is 2.33. The average Bonchev–Trinajstić information content (AvgIpc) is 3.02. The maximum absolute atomic E-state index is 4.84. The molecule has 1 N–H and O–H groups in total. The summed E-state index contributed by atoms with van der Waals surface area (Å²) in [6.45, 7) is 3.98. The molecular formula is C19H23BrN4. The van der Waals surface area contributed by atoms with E-state index in [9.17, 15) is 0 Å². The van der Waals surface area contributed by atoms with Crippen LogP contribution in [-0.4, -0.2) is 21.3 Å². The Morgan fingerprint density at radius 1 is 1.21 bits per heavy atom. The van der Waals surface area contributed by atoms with E-state index in [1.165, 1.54) is 43.2 Å². The molecule has 0 atom stereocenters. The molecule has 0 unspecified atom stereocenters. The van der Waals surface area contributed by atoms with Crippen LogP contribution < -0.4 is 5.32 Å². The predicted octanol–water partition coefficient (Wildman–Crippen LogP) is 5.36. The van der Waals surface area contributed by atoms with Crippen LogP contribution in [0.25, 0.3) is 21.9 Å². The highest BCUT2D eigenvalue weighted by atomic mass is 79.9. The van der Waals surface area contributed by atoms with Gasteiger partial charge in [-0.3, -0.25) is 0 Å². The van der Waals surface area contributed by atoms with Crippen molar-refractivity contribution in [2.24, 2.45) is 5.92 Å². The molecule has 0 amide bonds. The molecule has 1 saturated carbocycles. The van der Waals surface area contributed by atoms with Gasteiger partial charge in [0.25, 0.3) is 0 Å². The van der Waals surface area contributed by atoms with Gasteiger partial charge >= 0.3 is 0 Å². The largest absolute Gasteiger partial charge is 0.384 e. The number of rotatable bonds is 4. The first-order valence-corrected chi connectivity index (χ1v) is 9.74. The minimum Gasteiger partial charge on any atom is -0.384 e. The Bertz CT molecular complexity index is 865. The lowest BCUT2D eigenvalue weighted by atomic mass is 9.89. The smallest absolute Gasteiger partial charge is 0.160 e. The topological polar surface area (TPSA) is 42.7 Å². The van der Waals surface area contributed by atoms with Gasteiger partial charge < -0.3 is 5.32 Å². The van der Waals surface area contributed by atoms with Gasteiger partial charge in [-0.25, -0.2) is 9.67 Å². The lowest BCUT2D eigenvalue weighted by Gasteiger charge is -2.23. The van der Waals surface area contributed by atoms with E-state index >= 15 is 0 Å². The summed E-state index contributed by atoms with van der Waals surface area (Å²) in [4.78, 5) is 4.84. The van der Waals surface area contributed by atoms with Crippen LogP contribution in [0.4, 0.5) is 5.69 Å². The van der Waals surface area contributed by atoms with Crippen LogP contribution in [0.5, 0.6) is 0 Å². The van der Waals surface area contributed by atoms with Gasteiger partial charge in [0.2, 0.25) is 0 Å². The Labute approximate surface area is 150 Å². The van der Waals surface area contributed by atoms with Crippen LogP contribution >= 0.6 is 15.9 Å². The van der Waals surface area contributed by atoms with Crippen LogP contribution in [0.3, 0.4) is 0 Å². The summed E-state index contributed by atoms with van der Waals surface area (Å²) in [6, 6.07) is 6.30. The molecule has 1 aromatic carbocycles. The number of halogens is 1. The molecule has 1 aliphatic carbocycles. The third-order valence-corrected chi connectivity index (χ3v) is 5.62. The summed E-state index contributed by atoms with van der Waals surface area (Å²) in [5.41, 5.74) is 3.17. The number of aromatic nitrogens is 3. The molecule has 1 aliphatic rings. The Morgan fingerprint density at radius 2 is 2.04 bits per heavy atom. The monoisotopic (exact) mass is 386 g/mol. The molecule has 3 aromatic rings. The van der Waals surface area contributed by atoms with E-state index < -0.39 is 0 Å². The van der Waals surface area contributed by atoms with E-state index in [1.807, 2.05) is 10.9 Å². The number of fused-ring (bicyclic) bond motifs is 2. The molecule has 5 heteroatoms. The van der Waals surface area contributed by atoms with Crippen LogP contribution in [0.15, 0.2) is 28.9 Å². The summed E-state index contributed by atoms with van der Waals surface area (Å²) < 4.78 is 3.06. The van der Waals surface area contributed by atoms with E-state index in [-0.39, 0.29) is 0 Å². The summed E-state index contributed by atoms with van der Waals surface area (Å²) in [7, 11) is 0. The van der Waals surface area contributed by atoms with Gasteiger partial charge in [0, 0.05) is 22.9 Å². The van der Waals surface area contributed by atoms with Crippen LogP contribution in [-0.2, 0) is 6.54 Å². The third-order valence-electron chi connectivity index (χ3n) is 5.13. The number of anilines is 1. The molecule has 1 fully saturated rings. The van der Waals surface area contributed by atoms with Gasteiger partial charge in [0.05, 0.1) is 22.8 Å². The van der Waals surface area contributed by atoms with Crippen molar-refractivity contribution in [2.45, 2.75) is 45.6 Å². The van der Waals surface area contributed by atoms with Gasteiger partial charge in [-0.15, -0.1) is 0 Å². The molecular weight excluding hydrogens is 364 g/mol. The molecule has 0 spiro atoms. The highest BCUT2D eigenvalue weighted by Gasteiger charge is 2.17. The van der Waals surface area contributed by atoms with Crippen LogP contribution in [0.2, 0.25) is 0 Å². The van der Waals surface area contributed by atoms with Crippen LogP contribution in [0, 0.1) is 5.92 Å². The zero-order chi connectivity index (χ0) is 16.5. The summed E-state index contributed by atoms with van der Waals surface area (Å²) >= 11 is 3.60. The van der Waals surface area contributed by atoms with Crippen molar-refractivity contribution in [1.82, 2.24) is 14.8 Å². The molecule has 0 bridgehead atoms. The third kappa shape index (κ3) is 2.90. The SMILES string of the molecule is CCn1ncc2c(NCC3CCCCC3)c3cc(Br)ccc3nc21. The Kier molecular flexibility index (Phi) is 4.44. The van der Waals surface area contributed by atoms with E-state index in [1.54, 1.807) is 0 Å². The first-order chi connectivity index (χ1) is 11.8. The number of nitrogens with one attached hydrogen (secondary N) is 1. The minimum atomic E-state index is 0.783. The van der Waals surface area contributed by atoms with Crippen molar-refractivity contribution >= 4 is 43.6 Å². The summed E-state index contributed by atoms with van der Waals surface area (Å²) in [5.74, 6) is 0.783. The summed E-state index contributed by atoms with van der Waals surface area (Å²) in [5, 5.41) is 10.6. The number of nitrogens with zero attached hydrogens (tertiary/aromatic N) is 3. The second-order valence-corrected chi connectivity index (χ2v) is 7.65. The quantitative estimate of drug-likeness (QED) is 0.656. The first kappa shape index (κ1) is 15.9. The fourth-order valence-electron chi connectivity index (χ4n) is 3.80. The molecule has 2 aromatic heterocycles. The van der Waals surface area contributed by atoms with Crippen molar-refractivity contribution in [3.05, 3.63) is 28.9 Å². The predicted molar refractivity (Wildman–Crippen MR) is 103 cm³/mol. The maximum Gasteiger partial charge on any atom is 0.160 e. The Balaban J connectivity index is 1.79. The Hall–Kier alpha value is -1.62. The zero-order valence-electron chi connectivity index (χ0n) is 14.1. The lowest BCUT2D eigenvalue weighted by Crippen LogP contribution is -2.17. The summed E-state index contributed by atoms with van der Waals surface area (Å²) in [6.07, 6.45) is 8.79. The van der Waals surface area contributed by atoms with E-state index in [2.05, 4.69) is 51.5 Å². The molecule has 126 valence electrons. The lowest BCUT2D eigenvalue weighted by molar-refractivity contribution is 0.373. The van der Waals surface area contributed by atoms with Gasteiger partial charge in [0.1, 0.15) is 0 Å². The number of hydrogen-bond donors (Lipinski definition) is 1. The zero-order valence-corrected chi connectivity index (χ0v) is 15.6. The van der Waals surface area contributed by atoms with Gasteiger partial charge in [-0.1, -0.05) is 35.2 Å². The molecule has 0 radical (unpaired) electrons. The van der Waals surface area contributed by atoms with Crippen molar-refractivity contribution < 1.29 is 0 Å². The maximum atomic E-state index is 4.84. The normalized spacial score (nSPS) is 16.1. The first-order valence-electron chi connectivity index (χ1n) is 8.95. The van der Waals surface area contributed by atoms with Crippen molar-refractivity contribution in [2.75, 3.05) is 11.9 Å². The molecule has 4 nitrogen and oxygen atoms in total. The molecule has 2 heterocycles. The van der Waals surface area contributed by atoms with Crippen molar-refractivity contribution in [3.8, 4) is 0 Å². The van der Waals surface area contributed by atoms with Gasteiger partial charge in [0.15, 0.2) is 5.65 Å². The molecule has 0 saturated heterocycles.